The predicted octanol–water partition coefficient (Wildman–Crippen LogP) is 3.42. The molecule has 3 aromatic rings. The Labute approximate surface area is 165 Å². The van der Waals surface area contributed by atoms with E-state index in [9.17, 15) is 9.59 Å². The number of rotatable bonds is 6. The summed E-state index contributed by atoms with van der Waals surface area (Å²) >= 11 is 2.10. The Bertz CT molecular complexity index is 952. The van der Waals surface area contributed by atoms with E-state index in [2.05, 4.69) is 45.1 Å². The van der Waals surface area contributed by atoms with Crippen LogP contribution in [0.3, 0.4) is 0 Å². The summed E-state index contributed by atoms with van der Waals surface area (Å²) < 4.78 is 2.82. The van der Waals surface area contributed by atoms with Gasteiger partial charge in [-0.05, 0) is 53.3 Å². The SMILES string of the molecule is CCCn1c(NC(=O)CNC(=O)c2ccccc2I)nc2ccccc21. The highest BCUT2D eigenvalue weighted by molar-refractivity contribution is 14.1. The molecule has 2 amide bonds. The number of aromatic nitrogens is 2. The van der Waals surface area contributed by atoms with Crippen LogP contribution in [0.25, 0.3) is 11.0 Å². The van der Waals surface area contributed by atoms with Crippen LogP contribution in [0.4, 0.5) is 5.95 Å². The first-order valence-corrected chi connectivity index (χ1v) is 9.46. The predicted molar refractivity (Wildman–Crippen MR) is 110 cm³/mol. The molecule has 6 nitrogen and oxygen atoms in total. The third-order valence-electron chi connectivity index (χ3n) is 3.88. The molecular formula is C19H19IN4O2. The van der Waals surface area contributed by atoms with Crippen LogP contribution in [0.5, 0.6) is 0 Å². The summed E-state index contributed by atoms with van der Waals surface area (Å²) in [6.07, 6.45) is 0.923. The van der Waals surface area contributed by atoms with Crippen LogP contribution < -0.4 is 10.6 Å². The highest BCUT2D eigenvalue weighted by Crippen LogP contribution is 2.20. The molecule has 26 heavy (non-hydrogen) atoms. The monoisotopic (exact) mass is 462 g/mol. The van der Waals surface area contributed by atoms with Crippen molar-refractivity contribution < 1.29 is 9.59 Å². The van der Waals surface area contributed by atoms with Gasteiger partial charge in [0.15, 0.2) is 0 Å². The fourth-order valence-corrected chi connectivity index (χ4v) is 3.32. The summed E-state index contributed by atoms with van der Waals surface area (Å²) in [4.78, 5) is 29.0. The largest absolute Gasteiger partial charge is 0.343 e. The number of nitrogens with one attached hydrogen (secondary N) is 2. The third kappa shape index (κ3) is 4.04. The number of hydrogen-bond donors (Lipinski definition) is 2. The second kappa shape index (κ2) is 8.31. The van der Waals surface area contributed by atoms with E-state index in [-0.39, 0.29) is 18.4 Å². The molecule has 134 valence electrons. The van der Waals surface area contributed by atoms with E-state index in [0.29, 0.717) is 11.5 Å². The number of aryl methyl sites for hydroxylation is 1. The zero-order valence-electron chi connectivity index (χ0n) is 14.3. The number of carbonyl (C=O) groups excluding carboxylic acids is 2. The second-order valence-electron chi connectivity index (χ2n) is 5.79. The molecule has 0 saturated carbocycles. The number of nitrogens with zero attached hydrogens (tertiary/aromatic N) is 2. The molecule has 0 atom stereocenters. The molecule has 0 saturated heterocycles. The molecule has 1 heterocycles. The van der Waals surface area contributed by atoms with Crippen molar-refractivity contribution in [3.05, 3.63) is 57.7 Å². The maximum atomic E-state index is 12.3. The summed E-state index contributed by atoms with van der Waals surface area (Å²) in [6, 6.07) is 15.0. The van der Waals surface area contributed by atoms with Crippen molar-refractivity contribution >= 4 is 51.4 Å². The van der Waals surface area contributed by atoms with Gasteiger partial charge in [-0.2, -0.15) is 0 Å². The summed E-state index contributed by atoms with van der Waals surface area (Å²) in [5, 5.41) is 5.45. The van der Waals surface area contributed by atoms with Gasteiger partial charge in [0, 0.05) is 10.1 Å². The van der Waals surface area contributed by atoms with E-state index in [1.807, 2.05) is 41.0 Å². The number of carbonyl (C=O) groups is 2. The van der Waals surface area contributed by atoms with Gasteiger partial charge in [-0.25, -0.2) is 4.98 Å². The molecule has 0 spiro atoms. The van der Waals surface area contributed by atoms with Crippen LogP contribution >= 0.6 is 22.6 Å². The summed E-state index contributed by atoms with van der Waals surface area (Å²) in [5.74, 6) is -0.0780. The maximum Gasteiger partial charge on any atom is 0.252 e. The van der Waals surface area contributed by atoms with Gasteiger partial charge in [0.1, 0.15) is 0 Å². The number of hydrogen-bond acceptors (Lipinski definition) is 3. The second-order valence-corrected chi connectivity index (χ2v) is 6.95. The summed E-state index contributed by atoms with van der Waals surface area (Å²) in [5.41, 5.74) is 2.37. The van der Waals surface area contributed by atoms with Gasteiger partial charge in [0.2, 0.25) is 11.9 Å². The van der Waals surface area contributed by atoms with Crippen molar-refractivity contribution in [1.82, 2.24) is 14.9 Å². The minimum atomic E-state index is -0.308. The molecular weight excluding hydrogens is 443 g/mol. The number of para-hydroxylation sites is 2. The molecule has 0 fully saturated rings. The number of amides is 2. The first-order chi connectivity index (χ1) is 12.6. The van der Waals surface area contributed by atoms with Crippen molar-refractivity contribution in [2.45, 2.75) is 19.9 Å². The van der Waals surface area contributed by atoms with Crippen molar-refractivity contribution in [2.24, 2.45) is 0 Å². The topological polar surface area (TPSA) is 76.0 Å². The van der Waals surface area contributed by atoms with E-state index >= 15 is 0 Å². The molecule has 0 bridgehead atoms. The van der Waals surface area contributed by atoms with Gasteiger partial charge in [-0.3, -0.25) is 14.9 Å². The first kappa shape index (κ1) is 18.4. The molecule has 2 aromatic carbocycles. The zero-order valence-corrected chi connectivity index (χ0v) is 16.5. The van der Waals surface area contributed by atoms with Crippen LogP contribution in [0.15, 0.2) is 48.5 Å². The molecule has 0 unspecified atom stereocenters. The van der Waals surface area contributed by atoms with Gasteiger partial charge in [0.25, 0.3) is 5.91 Å². The van der Waals surface area contributed by atoms with E-state index in [1.165, 1.54) is 0 Å². The molecule has 0 aliphatic carbocycles. The lowest BCUT2D eigenvalue weighted by Gasteiger charge is -2.10. The van der Waals surface area contributed by atoms with Crippen molar-refractivity contribution in [3.63, 3.8) is 0 Å². The quantitative estimate of drug-likeness (QED) is 0.552. The minimum absolute atomic E-state index is 0.112. The molecule has 2 N–H and O–H groups in total. The Balaban J connectivity index is 1.68. The number of fused-ring (bicyclic) bond motifs is 1. The summed E-state index contributed by atoms with van der Waals surface area (Å²) in [7, 11) is 0. The Hall–Kier alpha value is -2.42. The van der Waals surface area contributed by atoms with Crippen molar-refractivity contribution in [2.75, 3.05) is 11.9 Å². The maximum absolute atomic E-state index is 12.3. The van der Waals surface area contributed by atoms with Gasteiger partial charge in [-0.1, -0.05) is 31.2 Å². The fraction of sp³-hybridized carbons (Fsp3) is 0.211. The van der Waals surface area contributed by atoms with Crippen LogP contribution in [-0.2, 0) is 11.3 Å². The van der Waals surface area contributed by atoms with E-state index < -0.39 is 0 Å². The first-order valence-electron chi connectivity index (χ1n) is 8.38. The lowest BCUT2D eigenvalue weighted by atomic mass is 10.2. The Morgan fingerprint density at radius 1 is 1.12 bits per heavy atom. The average molecular weight is 462 g/mol. The number of anilines is 1. The van der Waals surface area contributed by atoms with Crippen molar-refractivity contribution in [3.8, 4) is 0 Å². The van der Waals surface area contributed by atoms with Gasteiger partial charge < -0.3 is 9.88 Å². The van der Waals surface area contributed by atoms with E-state index in [1.54, 1.807) is 12.1 Å². The Kier molecular flexibility index (Phi) is 5.87. The van der Waals surface area contributed by atoms with E-state index in [0.717, 1.165) is 27.6 Å². The van der Waals surface area contributed by atoms with Gasteiger partial charge in [0.05, 0.1) is 23.1 Å². The van der Waals surface area contributed by atoms with Crippen LogP contribution in [-0.4, -0.2) is 27.9 Å². The number of halogens is 1. The highest BCUT2D eigenvalue weighted by Gasteiger charge is 2.14. The van der Waals surface area contributed by atoms with Crippen LogP contribution in [0.2, 0.25) is 0 Å². The fourth-order valence-electron chi connectivity index (χ4n) is 2.69. The standard InChI is InChI=1S/C19H19IN4O2/c1-2-11-24-16-10-6-5-9-15(16)22-19(24)23-17(25)12-21-18(26)13-7-3-4-8-14(13)20/h3-10H,2,11-12H2,1H3,(H,21,26)(H,22,23,25). The van der Waals surface area contributed by atoms with Gasteiger partial charge >= 0.3 is 0 Å². The number of imidazole rings is 1. The average Bonchev–Trinajstić information content (AvgIpc) is 2.98. The van der Waals surface area contributed by atoms with Gasteiger partial charge in [-0.15, -0.1) is 0 Å². The van der Waals surface area contributed by atoms with E-state index in [4.69, 9.17) is 0 Å². The lowest BCUT2D eigenvalue weighted by molar-refractivity contribution is -0.115. The van der Waals surface area contributed by atoms with Crippen LogP contribution in [0.1, 0.15) is 23.7 Å². The molecule has 7 heteroatoms. The third-order valence-corrected chi connectivity index (χ3v) is 4.82. The highest BCUT2D eigenvalue weighted by atomic mass is 127. The van der Waals surface area contributed by atoms with Crippen LogP contribution in [0, 0.1) is 3.57 Å². The zero-order chi connectivity index (χ0) is 18.5. The summed E-state index contributed by atoms with van der Waals surface area (Å²) in [6.45, 7) is 2.71. The number of benzene rings is 2. The minimum Gasteiger partial charge on any atom is -0.343 e. The molecule has 0 aliphatic rings. The van der Waals surface area contributed by atoms with Crippen molar-refractivity contribution in [1.29, 1.82) is 0 Å². The molecule has 1 aromatic heterocycles. The Morgan fingerprint density at radius 2 is 1.85 bits per heavy atom. The molecule has 0 aliphatic heterocycles. The lowest BCUT2D eigenvalue weighted by Crippen LogP contribution is -2.33. The molecule has 3 rings (SSSR count). The normalized spacial score (nSPS) is 10.7. The molecule has 0 radical (unpaired) electrons. The Morgan fingerprint density at radius 3 is 2.62 bits per heavy atom. The smallest absolute Gasteiger partial charge is 0.252 e.